The van der Waals surface area contributed by atoms with Gasteiger partial charge >= 0.3 is 0 Å². The van der Waals surface area contributed by atoms with Crippen molar-refractivity contribution in [2.45, 2.75) is 24.3 Å². The first-order valence-corrected chi connectivity index (χ1v) is 8.84. The second-order valence-corrected chi connectivity index (χ2v) is 6.57. The summed E-state index contributed by atoms with van der Waals surface area (Å²) in [7, 11) is 0. The van der Waals surface area contributed by atoms with Crippen molar-refractivity contribution >= 4 is 29.4 Å². The van der Waals surface area contributed by atoms with Crippen LogP contribution in [0, 0.1) is 0 Å². The molecular weight excluding hydrogens is 322 g/mol. The Morgan fingerprint density at radius 3 is 2.58 bits per heavy atom. The second-order valence-electron chi connectivity index (χ2n) is 5.24. The van der Waals surface area contributed by atoms with Crippen molar-refractivity contribution in [2.24, 2.45) is 0 Å². The zero-order chi connectivity index (χ0) is 17.2. The number of carbonyl (C=O) groups excluding carboxylic acids is 2. The predicted molar refractivity (Wildman–Crippen MR) is 97.7 cm³/mol. The molecule has 1 aromatic carbocycles. The lowest BCUT2D eigenvalue weighted by molar-refractivity contribution is -0.120. The molecule has 2 aromatic rings. The Kier molecular flexibility index (Phi) is 7.29. The van der Waals surface area contributed by atoms with Crippen LogP contribution in [0.2, 0.25) is 0 Å². The summed E-state index contributed by atoms with van der Waals surface area (Å²) in [6.07, 6.45) is 1.83. The minimum atomic E-state index is -0.168. The highest BCUT2D eigenvalue weighted by Crippen LogP contribution is 2.17. The molecular formula is C18H21N3O2S. The predicted octanol–water partition coefficient (Wildman–Crippen LogP) is 2.85. The van der Waals surface area contributed by atoms with Crippen LogP contribution in [0.3, 0.4) is 0 Å². The van der Waals surface area contributed by atoms with Crippen molar-refractivity contribution in [3.63, 3.8) is 0 Å². The van der Waals surface area contributed by atoms with E-state index in [-0.39, 0.29) is 23.5 Å². The van der Waals surface area contributed by atoms with E-state index in [9.17, 15) is 9.59 Å². The Bertz CT molecular complexity index is 650. The van der Waals surface area contributed by atoms with Crippen LogP contribution in [0.25, 0.3) is 0 Å². The summed E-state index contributed by atoms with van der Waals surface area (Å²) in [4.78, 5) is 27.8. The standard InChI is InChI=1S/C18H21N3O2S/c1-14(24-13-15-7-3-2-4-8-15)18(23)20-12-10-17(22)21-16-9-5-6-11-19-16/h2-9,11,14H,10,12-13H2,1H3,(H,20,23)(H,19,21,22)/t14-/m0/s1. The largest absolute Gasteiger partial charge is 0.355 e. The molecule has 0 aliphatic heterocycles. The highest BCUT2D eigenvalue weighted by molar-refractivity contribution is 7.99. The number of amides is 2. The summed E-state index contributed by atoms with van der Waals surface area (Å²) in [5, 5.41) is 5.32. The third kappa shape index (κ3) is 6.42. The van der Waals surface area contributed by atoms with Gasteiger partial charge in [-0.3, -0.25) is 9.59 Å². The van der Waals surface area contributed by atoms with Crippen molar-refractivity contribution in [3.05, 3.63) is 60.3 Å². The smallest absolute Gasteiger partial charge is 0.232 e. The first kappa shape index (κ1) is 18.0. The molecule has 0 aliphatic carbocycles. The van der Waals surface area contributed by atoms with Gasteiger partial charge in [-0.1, -0.05) is 36.4 Å². The van der Waals surface area contributed by atoms with Gasteiger partial charge in [-0.05, 0) is 24.6 Å². The fraction of sp³-hybridized carbons (Fsp3) is 0.278. The molecule has 0 spiro atoms. The van der Waals surface area contributed by atoms with E-state index in [1.165, 1.54) is 5.56 Å². The van der Waals surface area contributed by atoms with E-state index >= 15 is 0 Å². The summed E-state index contributed by atoms with van der Waals surface area (Å²) in [5.74, 6) is 1.08. The number of hydrogen-bond donors (Lipinski definition) is 2. The molecule has 0 unspecified atom stereocenters. The van der Waals surface area contributed by atoms with E-state index in [1.54, 1.807) is 36.2 Å². The minimum Gasteiger partial charge on any atom is -0.355 e. The maximum atomic E-state index is 12.0. The molecule has 126 valence electrons. The number of hydrogen-bond acceptors (Lipinski definition) is 4. The number of pyridine rings is 1. The molecule has 0 saturated carbocycles. The summed E-state index contributed by atoms with van der Waals surface area (Å²) in [6, 6.07) is 15.3. The molecule has 0 saturated heterocycles. The van der Waals surface area contributed by atoms with E-state index in [2.05, 4.69) is 15.6 Å². The third-order valence-electron chi connectivity index (χ3n) is 3.30. The van der Waals surface area contributed by atoms with Crippen molar-refractivity contribution in [3.8, 4) is 0 Å². The van der Waals surface area contributed by atoms with Gasteiger partial charge in [0, 0.05) is 24.9 Å². The molecule has 0 aliphatic rings. The number of rotatable bonds is 8. The van der Waals surface area contributed by atoms with E-state index in [4.69, 9.17) is 0 Å². The summed E-state index contributed by atoms with van der Waals surface area (Å²) in [6.45, 7) is 2.19. The Morgan fingerprint density at radius 2 is 1.88 bits per heavy atom. The van der Waals surface area contributed by atoms with E-state index in [0.717, 1.165) is 5.75 Å². The molecule has 1 heterocycles. The van der Waals surface area contributed by atoms with Gasteiger partial charge in [0.15, 0.2) is 0 Å². The lowest BCUT2D eigenvalue weighted by atomic mass is 10.2. The van der Waals surface area contributed by atoms with Crippen molar-refractivity contribution in [1.29, 1.82) is 0 Å². The molecule has 1 atom stereocenters. The SMILES string of the molecule is C[C@H](SCc1ccccc1)C(=O)NCCC(=O)Nc1ccccn1. The lowest BCUT2D eigenvalue weighted by Crippen LogP contribution is -2.33. The first-order valence-electron chi connectivity index (χ1n) is 7.79. The Balaban J connectivity index is 1.64. The zero-order valence-corrected chi connectivity index (χ0v) is 14.4. The highest BCUT2D eigenvalue weighted by Gasteiger charge is 2.13. The Morgan fingerprint density at radius 1 is 1.12 bits per heavy atom. The maximum absolute atomic E-state index is 12.0. The molecule has 0 bridgehead atoms. The van der Waals surface area contributed by atoms with Crippen LogP contribution < -0.4 is 10.6 Å². The average Bonchev–Trinajstić information content (AvgIpc) is 2.61. The van der Waals surface area contributed by atoms with Crippen LogP contribution in [-0.2, 0) is 15.3 Å². The van der Waals surface area contributed by atoms with Crippen molar-refractivity contribution in [2.75, 3.05) is 11.9 Å². The molecule has 6 heteroatoms. The van der Waals surface area contributed by atoms with Crippen LogP contribution in [0.5, 0.6) is 0 Å². The average molecular weight is 343 g/mol. The van der Waals surface area contributed by atoms with Crippen molar-refractivity contribution in [1.82, 2.24) is 10.3 Å². The summed E-state index contributed by atoms with van der Waals surface area (Å²) >= 11 is 1.58. The van der Waals surface area contributed by atoms with Gasteiger partial charge in [0.25, 0.3) is 0 Å². The van der Waals surface area contributed by atoms with Gasteiger partial charge in [-0.25, -0.2) is 4.98 Å². The van der Waals surface area contributed by atoms with E-state index in [1.807, 2.05) is 37.3 Å². The van der Waals surface area contributed by atoms with Crippen LogP contribution in [0.1, 0.15) is 18.9 Å². The second kappa shape index (κ2) is 9.72. The van der Waals surface area contributed by atoms with Crippen LogP contribution >= 0.6 is 11.8 Å². The van der Waals surface area contributed by atoms with Crippen LogP contribution in [-0.4, -0.2) is 28.6 Å². The van der Waals surface area contributed by atoms with Gasteiger partial charge in [-0.2, -0.15) is 0 Å². The van der Waals surface area contributed by atoms with Gasteiger partial charge < -0.3 is 10.6 Å². The Labute approximate surface area is 146 Å². The fourth-order valence-corrected chi connectivity index (χ4v) is 2.83. The topological polar surface area (TPSA) is 71.1 Å². The molecule has 2 rings (SSSR count). The first-order chi connectivity index (χ1) is 11.6. The molecule has 1 aromatic heterocycles. The number of nitrogens with zero attached hydrogens (tertiary/aromatic N) is 1. The molecule has 0 radical (unpaired) electrons. The van der Waals surface area contributed by atoms with E-state index < -0.39 is 0 Å². The van der Waals surface area contributed by atoms with Gasteiger partial charge in [-0.15, -0.1) is 11.8 Å². The number of anilines is 1. The van der Waals surface area contributed by atoms with Crippen molar-refractivity contribution < 1.29 is 9.59 Å². The molecule has 24 heavy (non-hydrogen) atoms. The number of nitrogens with one attached hydrogen (secondary N) is 2. The number of carbonyl (C=O) groups is 2. The number of thioether (sulfide) groups is 1. The number of benzene rings is 1. The molecule has 0 fully saturated rings. The van der Waals surface area contributed by atoms with Crippen LogP contribution in [0.4, 0.5) is 5.82 Å². The summed E-state index contributed by atoms with van der Waals surface area (Å²) in [5.41, 5.74) is 1.19. The summed E-state index contributed by atoms with van der Waals surface area (Å²) < 4.78 is 0. The van der Waals surface area contributed by atoms with Gasteiger partial charge in [0.1, 0.15) is 5.82 Å². The minimum absolute atomic E-state index is 0.0541. The molecule has 2 N–H and O–H groups in total. The lowest BCUT2D eigenvalue weighted by Gasteiger charge is -2.12. The quantitative estimate of drug-likeness (QED) is 0.773. The molecule has 5 nitrogen and oxygen atoms in total. The fourth-order valence-electron chi connectivity index (χ4n) is 1.96. The molecule has 2 amide bonds. The number of aromatic nitrogens is 1. The van der Waals surface area contributed by atoms with Crippen LogP contribution in [0.15, 0.2) is 54.7 Å². The monoisotopic (exact) mass is 343 g/mol. The third-order valence-corrected chi connectivity index (χ3v) is 4.51. The highest BCUT2D eigenvalue weighted by atomic mass is 32.2. The normalized spacial score (nSPS) is 11.5. The van der Waals surface area contributed by atoms with E-state index in [0.29, 0.717) is 12.4 Å². The van der Waals surface area contributed by atoms with Gasteiger partial charge in [0.2, 0.25) is 11.8 Å². The van der Waals surface area contributed by atoms with Gasteiger partial charge in [0.05, 0.1) is 5.25 Å². The maximum Gasteiger partial charge on any atom is 0.232 e. The zero-order valence-electron chi connectivity index (χ0n) is 13.6. The Hall–Kier alpha value is -2.34.